The monoisotopic (exact) mass is 291 g/mol. The molecule has 21 heavy (non-hydrogen) atoms. The van der Waals surface area contributed by atoms with Crippen LogP contribution >= 0.6 is 0 Å². The van der Waals surface area contributed by atoms with Crippen LogP contribution in [0.3, 0.4) is 0 Å². The van der Waals surface area contributed by atoms with Crippen molar-refractivity contribution in [1.82, 2.24) is 16.0 Å². The first-order chi connectivity index (χ1) is 10.0. The molecular weight excluding hydrogens is 270 g/mol. The number of benzene rings is 1. The van der Waals surface area contributed by atoms with E-state index >= 15 is 0 Å². The quantitative estimate of drug-likeness (QED) is 0.678. The zero-order valence-electron chi connectivity index (χ0n) is 12.4. The van der Waals surface area contributed by atoms with Crippen LogP contribution < -0.4 is 16.0 Å². The van der Waals surface area contributed by atoms with E-state index in [4.69, 9.17) is 0 Å². The lowest BCUT2D eigenvalue weighted by molar-refractivity contribution is -0.125. The Morgan fingerprint density at radius 2 is 1.57 bits per heavy atom. The zero-order chi connectivity index (χ0) is 15.7. The van der Waals surface area contributed by atoms with E-state index in [1.807, 2.05) is 26.0 Å². The number of amides is 3. The predicted octanol–water partition coefficient (Wildman–Crippen LogP) is 0.367. The Hall–Kier alpha value is -2.37. The minimum atomic E-state index is -0.399. The highest BCUT2D eigenvalue weighted by Crippen LogP contribution is 2.05. The van der Waals surface area contributed by atoms with Crippen LogP contribution in [-0.2, 0) is 9.59 Å². The highest BCUT2D eigenvalue weighted by atomic mass is 16.2. The van der Waals surface area contributed by atoms with Gasteiger partial charge in [0.05, 0.1) is 13.1 Å². The molecule has 0 saturated heterocycles. The Kier molecular flexibility index (Phi) is 6.94. The molecule has 0 aromatic heterocycles. The summed E-state index contributed by atoms with van der Waals surface area (Å²) in [5.41, 5.74) is 1.38. The fourth-order valence-corrected chi connectivity index (χ4v) is 1.65. The van der Waals surface area contributed by atoms with E-state index in [0.29, 0.717) is 12.1 Å². The minimum Gasteiger partial charge on any atom is -0.355 e. The van der Waals surface area contributed by atoms with Crippen molar-refractivity contribution in [2.75, 3.05) is 19.6 Å². The second-order valence-corrected chi connectivity index (χ2v) is 4.62. The molecule has 1 rings (SSSR count). The summed E-state index contributed by atoms with van der Waals surface area (Å²) in [5.74, 6) is -0.947. The van der Waals surface area contributed by atoms with Crippen molar-refractivity contribution >= 4 is 17.7 Å². The van der Waals surface area contributed by atoms with E-state index in [-0.39, 0.29) is 24.9 Å². The molecule has 0 saturated carbocycles. The van der Waals surface area contributed by atoms with Gasteiger partial charge in [-0.15, -0.1) is 0 Å². The van der Waals surface area contributed by atoms with Crippen molar-refractivity contribution in [2.45, 2.75) is 20.3 Å². The lowest BCUT2D eigenvalue weighted by Crippen LogP contribution is -2.42. The van der Waals surface area contributed by atoms with Gasteiger partial charge in [-0.1, -0.05) is 25.1 Å². The van der Waals surface area contributed by atoms with Crippen molar-refractivity contribution in [3.63, 3.8) is 0 Å². The van der Waals surface area contributed by atoms with E-state index in [9.17, 15) is 14.4 Å². The highest BCUT2D eigenvalue weighted by molar-refractivity contribution is 5.97. The molecule has 0 unspecified atom stereocenters. The molecule has 6 heteroatoms. The van der Waals surface area contributed by atoms with Crippen LogP contribution in [-0.4, -0.2) is 37.4 Å². The van der Waals surface area contributed by atoms with Gasteiger partial charge in [0.2, 0.25) is 11.8 Å². The standard InChI is InChI=1S/C15H21N3O3/c1-3-8-16-13(19)9-17-14(20)10-18-15(21)12-7-5-4-6-11(12)2/h4-7H,3,8-10H2,1-2H3,(H,16,19)(H,17,20)(H,18,21). The Balaban J connectivity index is 2.32. The van der Waals surface area contributed by atoms with Crippen LogP contribution in [0.4, 0.5) is 0 Å². The third kappa shape index (κ3) is 6.07. The van der Waals surface area contributed by atoms with Gasteiger partial charge in [0, 0.05) is 12.1 Å². The van der Waals surface area contributed by atoms with Crippen molar-refractivity contribution in [2.24, 2.45) is 0 Å². The summed E-state index contributed by atoms with van der Waals surface area (Å²) in [7, 11) is 0. The van der Waals surface area contributed by atoms with Crippen molar-refractivity contribution in [3.05, 3.63) is 35.4 Å². The molecule has 0 bridgehead atoms. The summed E-state index contributed by atoms with van der Waals surface area (Å²) >= 11 is 0. The average Bonchev–Trinajstić information content (AvgIpc) is 2.48. The van der Waals surface area contributed by atoms with Crippen molar-refractivity contribution < 1.29 is 14.4 Å². The van der Waals surface area contributed by atoms with Gasteiger partial charge < -0.3 is 16.0 Å². The van der Waals surface area contributed by atoms with Gasteiger partial charge in [-0.05, 0) is 25.0 Å². The predicted molar refractivity (Wildman–Crippen MR) is 79.8 cm³/mol. The van der Waals surface area contributed by atoms with Crippen LogP contribution in [0.2, 0.25) is 0 Å². The van der Waals surface area contributed by atoms with Gasteiger partial charge in [-0.25, -0.2) is 0 Å². The van der Waals surface area contributed by atoms with Gasteiger partial charge in [0.1, 0.15) is 0 Å². The topological polar surface area (TPSA) is 87.3 Å². The number of rotatable bonds is 7. The number of hydrogen-bond acceptors (Lipinski definition) is 3. The van der Waals surface area contributed by atoms with E-state index in [1.54, 1.807) is 12.1 Å². The maximum absolute atomic E-state index is 11.9. The highest BCUT2D eigenvalue weighted by Gasteiger charge is 2.10. The number of carbonyl (C=O) groups is 3. The van der Waals surface area contributed by atoms with Crippen molar-refractivity contribution in [1.29, 1.82) is 0 Å². The third-order valence-corrected chi connectivity index (χ3v) is 2.82. The van der Waals surface area contributed by atoms with Crippen LogP contribution in [0.15, 0.2) is 24.3 Å². The summed E-state index contributed by atoms with van der Waals surface area (Å²) in [6, 6.07) is 7.13. The smallest absolute Gasteiger partial charge is 0.251 e. The molecule has 0 aliphatic carbocycles. The molecule has 3 amide bonds. The summed E-state index contributed by atoms with van der Waals surface area (Å²) in [6.07, 6.45) is 0.839. The molecule has 0 heterocycles. The van der Waals surface area contributed by atoms with E-state index in [2.05, 4.69) is 16.0 Å². The molecule has 0 aliphatic heterocycles. The van der Waals surface area contributed by atoms with E-state index in [0.717, 1.165) is 12.0 Å². The maximum atomic E-state index is 11.9. The van der Waals surface area contributed by atoms with Gasteiger partial charge in [0.15, 0.2) is 0 Å². The SMILES string of the molecule is CCCNC(=O)CNC(=O)CNC(=O)c1ccccc1C. The van der Waals surface area contributed by atoms with Crippen LogP contribution in [0.1, 0.15) is 29.3 Å². The van der Waals surface area contributed by atoms with E-state index < -0.39 is 5.91 Å². The summed E-state index contributed by atoms with van der Waals surface area (Å²) in [5, 5.41) is 7.62. The number of hydrogen-bond donors (Lipinski definition) is 3. The maximum Gasteiger partial charge on any atom is 0.251 e. The van der Waals surface area contributed by atoms with Gasteiger partial charge in [-0.2, -0.15) is 0 Å². The first-order valence-electron chi connectivity index (χ1n) is 6.91. The Morgan fingerprint density at radius 3 is 2.24 bits per heavy atom. The van der Waals surface area contributed by atoms with Crippen LogP contribution in [0, 0.1) is 6.92 Å². The molecule has 3 N–H and O–H groups in total. The number of carbonyl (C=O) groups excluding carboxylic acids is 3. The molecule has 114 valence electrons. The Morgan fingerprint density at radius 1 is 0.952 bits per heavy atom. The van der Waals surface area contributed by atoms with Gasteiger partial charge in [-0.3, -0.25) is 14.4 Å². The molecular formula is C15H21N3O3. The fraction of sp³-hybridized carbons (Fsp3) is 0.400. The molecule has 0 aliphatic rings. The first kappa shape index (κ1) is 16.7. The third-order valence-electron chi connectivity index (χ3n) is 2.82. The Labute approximate surface area is 124 Å². The summed E-state index contributed by atoms with van der Waals surface area (Å²) < 4.78 is 0. The average molecular weight is 291 g/mol. The van der Waals surface area contributed by atoms with E-state index in [1.165, 1.54) is 0 Å². The zero-order valence-corrected chi connectivity index (χ0v) is 12.4. The van der Waals surface area contributed by atoms with Crippen LogP contribution in [0.25, 0.3) is 0 Å². The summed E-state index contributed by atoms with van der Waals surface area (Å²) in [6.45, 7) is 4.11. The van der Waals surface area contributed by atoms with Crippen molar-refractivity contribution in [3.8, 4) is 0 Å². The molecule has 6 nitrogen and oxygen atoms in total. The minimum absolute atomic E-state index is 0.0843. The second-order valence-electron chi connectivity index (χ2n) is 4.62. The fourth-order valence-electron chi connectivity index (χ4n) is 1.65. The van der Waals surface area contributed by atoms with Crippen LogP contribution in [0.5, 0.6) is 0 Å². The summed E-state index contributed by atoms with van der Waals surface area (Å²) in [4.78, 5) is 34.7. The largest absolute Gasteiger partial charge is 0.355 e. The normalized spacial score (nSPS) is 9.81. The lowest BCUT2D eigenvalue weighted by Gasteiger charge is -2.08. The Bertz CT molecular complexity index is 515. The molecule has 0 fully saturated rings. The number of nitrogens with one attached hydrogen (secondary N) is 3. The first-order valence-corrected chi connectivity index (χ1v) is 6.91. The molecule has 0 atom stereocenters. The molecule has 1 aromatic rings. The van der Waals surface area contributed by atoms with Gasteiger partial charge >= 0.3 is 0 Å². The lowest BCUT2D eigenvalue weighted by atomic mass is 10.1. The molecule has 1 aromatic carbocycles. The second kappa shape index (κ2) is 8.73. The molecule has 0 spiro atoms. The molecule has 0 radical (unpaired) electrons. The van der Waals surface area contributed by atoms with Gasteiger partial charge in [0.25, 0.3) is 5.91 Å². The number of aryl methyl sites for hydroxylation is 1.